The van der Waals surface area contributed by atoms with Crippen LogP contribution in [-0.2, 0) is 0 Å². The lowest BCUT2D eigenvalue weighted by molar-refractivity contribution is 0.0319. The number of rotatable bonds is 5. The summed E-state index contributed by atoms with van der Waals surface area (Å²) >= 11 is 0. The highest BCUT2D eigenvalue weighted by Gasteiger charge is 2.63. The maximum Gasteiger partial charge on any atom is 0.254 e. The van der Waals surface area contributed by atoms with Crippen LogP contribution in [0.4, 0.5) is 0 Å². The zero-order chi connectivity index (χ0) is 13.7. The Labute approximate surface area is 121 Å². The summed E-state index contributed by atoms with van der Waals surface area (Å²) in [7, 11) is 2.07. The lowest BCUT2D eigenvalue weighted by Crippen LogP contribution is -2.55. The van der Waals surface area contributed by atoms with E-state index in [1.54, 1.807) is 0 Å². The van der Waals surface area contributed by atoms with Crippen molar-refractivity contribution in [3.63, 3.8) is 0 Å². The lowest BCUT2D eigenvalue weighted by atomic mass is 9.80. The molecule has 3 aliphatic carbocycles. The molecule has 0 bridgehead atoms. The van der Waals surface area contributed by atoms with Crippen LogP contribution in [0.15, 0.2) is 30.3 Å². The molecule has 3 saturated carbocycles. The van der Waals surface area contributed by atoms with Gasteiger partial charge in [0, 0.05) is 12.6 Å². The molecule has 1 amide bonds. The first-order chi connectivity index (χ1) is 9.74. The number of carbonyl (C=O) groups is 1. The molecule has 106 valence electrons. The molecule has 0 spiro atoms. The standard InChI is InChI=1S/C18H23NO/c1-19(17(20)13-5-3-2-4-6-13)18(14-7-8-14,15-9-10-15)16-11-12-16/h2-6,14-16H,7-12H2,1H3. The monoisotopic (exact) mass is 269 g/mol. The van der Waals surface area contributed by atoms with Gasteiger partial charge in [-0.1, -0.05) is 18.2 Å². The summed E-state index contributed by atoms with van der Waals surface area (Å²) in [5, 5.41) is 0. The van der Waals surface area contributed by atoms with Crippen LogP contribution in [0.2, 0.25) is 0 Å². The summed E-state index contributed by atoms with van der Waals surface area (Å²) < 4.78 is 0. The average Bonchev–Trinajstić information content (AvgIpc) is 3.29. The van der Waals surface area contributed by atoms with E-state index in [-0.39, 0.29) is 11.4 Å². The van der Waals surface area contributed by atoms with E-state index in [9.17, 15) is 4.79 Å². The minimum atomic E-state index is 0.201. The largest absolute Gasteiger partial charge is 0.335 e. The molecule has 2 nitrogen and oxygen atoms in total. The first-order valence-corrected chi connectivity index (χ1v) is 8.07. The predicted octanol–water partition coefficient (Wildman–Crippen LogP) is 3.73. The molecule has 1 aromatic rings. The van der Waals surface area contributed by atoms with Crippen molar-refractivity contribution in [2.45, 2.75) is 44.1 Å². The van der Waals surface area contributed by atoms with Gasteiger partial charge in [0.1, 0.15) is 0 Å². The average molecular weight is 269 g/mol. The molecule has 3 aliphatic rings. The molecule has 0 aromatic heterocycles. The van der Waals surface area contributed by atoms with E-state index in [0.717, 1.165) is 23.3 Å². The molecule has 0 N–H and O–H groups in total. The SMILES string of the molecule is CN(C(=O)c1ccccc1)C(C1CC1)(C1CC1)C1CC1. The molecule has 1 aromatic carbocycles. The molecular weight excluding hydrogens is 246 g/mol. The van der Waals surface area contributed by atoms with Crippen LogP contribution in [0.5, 0.6) is 0 Å². The van der Waals surface area contributed by atoms with Crippen molar-refractivity contribution < 1.29 is 4.79 Å². The fourth-order valence-corrected chi connectivity index (χ4v) is 4.41. The van der Waals surface area contributed by atoms with Gasteiger partial charge in [0.25, 0.3) is 5.91 Å². The van der Waals surface area contributed by atoms with Gasteiger partial charge >= 0.3 is 0 Å². The Hall–Kier alpha value is -1.31. The number of hydrogen-bond donors (Lipinski definition) is 0. The Balaban J connectivity index is 1.67. The lowest BCUT2D eigenvalue weighted by Gasteiger charge is -2.44. The highest BCUT2D eigenvalue weighted by atomic mass is 16.2. The van der Waals surface area contributed by atoms with Gasteiger partial charge in [-0.3, -0.25) is 4.79 Å². The predicted molar refractivity (Wildman–Crippen MR) is 79.4 cm³/mol. The van der Waals surface area contributed by atoms with Crippen LogP contribution in [0.3, 0.4) is 0 Å². The highest BCUT2D eigenvalue weighted by molar-refractivity contribution is 5.94. The smallest absolute Gasteiger partial charge is 0.254 e. The third kappa shape index (κ3) is 1.81. The number of carbonyl (C=O) groups excluding carboxylic acids is 1. The van der Waals surface area contributed by atoms with Gasteiger partial charge in [0.15, 0.2) is 0 Å². The van der Waals surface area contributed by atoms with E-state index in [4.69, 9.17) is 0 Å². The maximum absolute atomic E-state index is 12.9. The number of nitrogens with zero attached hydrogens (tertiary/aromatic N) is 1. The molecule has 0 heterocycles. The van der Waals surface area contributed by atoms with Crippen LogP contribution in [0.1, 0.15) is 48.9 Å². The van der Waals surface area contributed by atoms with Gasteiger partial charge in [-0.05, 0) is 68.4 Å². The second-order valence-corrected chi connectivity index (χ2v) is 6.94. The van der Waals surface area contributed by atoms with Gasteiger partial charge in [0.05, 0.1) is 5.54 Å². The maximum atomic E-state index is 12.9. The van der Waals surface area contributed by atoms with Crippen LogP contribution in [-0.4, -0.2) is 23.4 Å². The van der Waals surface area contributed by atoms with E-state index in [0.29, 0.717) is 0 Å². The van der Waals surface area contributed by atoms with Crippen molar-refractivity contribution in [1.29, 1.82) is 0 Å². The van der Waals surface area contributed by atoms with Crippen molar-refractivity contribution in [2.75, 3.05) is 7.05 Å². The van der Waals surface area contributed by atoms with Crippen LogP contribution < -0.4 is 0 Å². The van der Waals surface area contributed by atoms with Crippen LogP contribution in [0.25, 0.3) is 0 Å². The van der Waals surface area contributed by atoms with Crippen molar-refractivity contribution in [3.8, 4) is 0 Å². The Morgan fingerprint density at radius 1 is 0.950 bits per heavy atom. The van der Waals surface area contributed by atoms with Gasteiger partial charge in [0.2, 0.25) is 0 Å². The number of benzene rings is 1. The molecule has 0 unspecified atom stereocenters. The molecule has 0 saturated heterocycles. The highest BCUT2D eigenvalue weighted by Crippen LogP contribution is 2.63. The fourth-order valence-electron chi connectivity index (χ4n) is 4.41. The first kappa shape index (κ1) is 12.4. The fraction of sp³-hybridized carbons (Fsp3) is 0.611. The van der Waals surface area contributed by atoms with Gasteiger partial charge in [-0.15, -0.1) is 0 Å². The third-order valence-electron chi connectivity index (χ3n) is 5.60. The summed E-state index contributed by atoms with van der Waals surface area (Å²) in [5.74, 6) is 2.57. The quantitative estimate of drug-likeness (QED) is 0.797. The minimum absolute atomic E-state index is 0.201. The number of hydrogen-bond acceptors (Lipinski definition) is 1. The first-order valence-electron chi connectivity index (χ1n) is 8.07. The normalized spacial score (nSPS) is 22.6. The molecule has 2 heteroatoms. The van der Waals surface area contributed by atoms with Gasteiger partial charge < -0.3 is 4.90 Å². The summed E-state index contributed by atoms with van der Waals surface area (Å²) in [6.07, 6.45) is 8.00. The molecule has 0 atom stereocenters. The Morgan fingerprint density at radius 3 is 1.80 bits per heavy atom. The van der Waals surface area contributed by atoms with Crippen molar-refractivity contribution in [2.24, 2.45) is 17.8 Å². The molecule has 0 aliphatic heterocycles. The summed E-state index contributed by atoms with van der Waals surface area (Å²) in [4.78, 5) is 15.1. The zero-order valence-corrected chi connectivity index (χ0v) is 12.2. The van der Waals surface area contributed by atoms with Gasteiger partial charge in [-0.25, -0.2) is 0 Å². The van der Waals surface area contributed by atoms with E-state index in [2.05, 4.69) is 11.9 Å². The summed E-state index contributed by atoms with van der Waals surface area (Å²) in [6.45, 7) is 0. The minimum Gasteiger partial charge on any atom is -0.335 e. The third-order valence-corrected chi connectivity index (χ3v) is 5.60. The second kappa shape index (κ2) is 4.34. The molecular formula is C18H23NO. The molecule has 20 heavy (non-hydrogen) atoms. The molecule has 3 fully saturated rings. The summed E-state index contributed by atoms with van der Waals surface area (Å²) in [5.41, 5.74) is 1.05. The second-order valence-electron chi connectivity index (χ2n) is 6.94. The van der Waals surface area contributed by atoms with Crippen LogP contribution in [0, 0.1) is 17.8 Å². The van der Waals surface area contributed by atoms with Crippen molar-refractivity contribution in [1.82, 2.24) is 4.90 Å². The zero-order valence-electron chi connectivity index (χ0n) is 12.2. The van der Waals surface area contributed by atoms with Gasteiger partial charge in [-0.2, -0.15) is 0 Å². The Bertz CT molecular complexity index is 480. The van der Waals surface area contributed by atoms with E-state index in [1.807, 2.05) is 30.3 Å². The van der Waals surface area contributed by atoms with Crippen molar-refractivity contribution >= 4 is 5.91 Å². The summed E-state index contributed by atoms with van der Waals surface area (Å²) in [6, 6.07) is 9.82. The Morgan fingerprint density at radius 2 is 1.40 bits per heavy atom. The van der Waals surface area contributed by atoms with E-state index in [1.165, 1.54) is 38.5 Å². The van der Waals surface area contributed by atoms with E-state index >= 15 is 0 Å². The number of amides is 1. The molecule has 4 rings (SSSR count). The van der Waals surface area contributed by atoms with E-state index < -0.39 is 0 Å². The Kier molecular flexibility index (Phi) is 2.70. The van der Waals surface area contributed by atoms with Crippen molar-refractivity contribution in [3.05, 3.63) is 35.9 Å². The topological polar surface area (TPSA) is 20.3 Å². The van der Waals surface area contributed by atoms with Crippen LogP contribution >= 0.6 is 0 Å². The molecule has 0 radical (unpaired) electrons.